The summed E-state index contributed by atoms with van der Waals surface area (Å²) in [5, 5.41) is 7.68. The zero-order chi connectivity index (χ0) is 16.5. The highest BCUT2D eigenvalue weighted by Gasteiger charge is 2.31. The third-order valence-corrected chi connectivity index (χ3v) is 5.46. The van der Waals surface area contributed by atoms with Crippen molar-refractivity contribution in [3.8, 4) is 0 Å². The molecule has 24 heavy (non-hydrogen) atoms. The van der Waals surface area contributed by atoms with Crippen LogP contribution in [-0.4, -0.2) is 39.7 Å². The van der Waals surface area contributed by atoms with E-state index in [1.165, 1.54) is 16.8 Å². The molecule has 1 N–H and O–H groups in total. The van der Waals surface area contributed by atoms with Crippen molar-refractivity contribution in [2.45, 2.75) is 37.8 Å². The first-order chi connectivity index (χ1) is 11.7. The molecule has 0 bridgehead atoms. The average Bonchev–Trinajstić information content (AvgIpc) is 3.07. The van der Waals surface area contributed by atoms with E-state index in [0.717, 1.165) is 38.9 Å². The Morgan fingerprint density at radius 2 is 1.92 bits per heavy atom. The van der Waals surface area contributed by atoms with Gasteiger partial charge >= 0.3 is 0 Å². The molecule has 1 saturated heterocycles. The molecule has 2 aliphatic rings. The van der Waals surface area contributed by atoms with Gasteiger partial charge in [-0.2, -0.15) is 5.10 Å². The van der Waals surface area contributed by atoms with Crippen LogP contribution in [0.5, 0.6) is 0 Å². The number of hydrogen-bond acceptors (Lipinski definition) is 3. The van der Waals surface area contributed by atoms with Gasteiger partial charge in [0, 0.05) is 44.5 Å². The first-order valence-electron chi connectivity index (χ1n) is 8.79. The van der Waals surface area contributed by atoms with Gasteiger partial charge in [-0.3, -0.25) is 9.48 Å². The number of likely N-dealkylation sites (tertiary alicyclic amines) is 1. The first-order valence-corrected chi connectivity index (χ1v) is 8.79. The molecule has 4 rings (SSSR count). The van der Waals surface area contributed by atoms with E-state index >= 15 is 0 Å². The van der Waals surface area contributed by atoms with Gasteiger partial charge in [-0.1, -0.05) is 24.3 Å². The summed E-state index contributed by atoms with van der Waals surface area (Å²) in [6, 6.07) is 10.4. The van der Waals surface area contributed by atoms with E-state index < -0.39 is 0 Å². The fourth-order valence-electron chi connectivity index (χ4n) is 4.03. The molecule has 2 aromatic rings. The smallest absolute Gasteiger partial charge is 0.240 e. The van der Waals surface area contributed by atoms with Crippen molar-refractivity contribution in [2.75, 3.05) is 13.1 Å². The Kier molecular flexibility index (Phi) is 4.10. The summed E-state index contributed by atoms with van der Waals surface area (Å²) in [4.78, 5) is 14.9. The maximum absolute atomic E-state index is 12.9. The number of carbonyl (C=O) groups is 1. The van der Waals surface area contributed by atoms with E-state index in [-0.39, 0.29) is 11.9 Å². The highest BCUT2D eigenvalue weighted by molar-refractivity contribution is 5.82. The molecular formula is C19H24N4O. The van der Waals surface area contributed by atoms with Crippen LogP contribution < -0.4 is 5.32 Å². The van der Waals surface area contributed by atoms with Crippen LogP contribution in [0.25, 0.3) is 0 Å². The summed E-state index contributed by atoms with van der Waals surface area (Å²) in [7, 11) is 2.00. The summed E-state index contributed by atoms with van der Waals surface area (Å²) in [5.74, 6) is 0.773. The lowest BCUT2D eigenvalue weighted by molar-refractivity contribution is -0.134. The normalized spacial score (nSPS) is 21.5. The van der Waals surface area contributed by atoms with Crippen molar-refractivity contribution in [1.82, 2.24) is 20.0 Å². The van der Waals surface area contributed by atoms with E-state index in [4.69, 9.17) is 0 Å². The molecule has 0 saturated carbocycles. The zero-order valence-electron chi connectivity index (χ0n) is 14.1. The van der Waals surface area contributed by atoms with Gasteiger partial charge in [0.2, 0.25) is 5.91 Å². The van der Waals surface area contributed by atoms with E-state index in [2.05, 4.69) is 40.7 Å². The Morgan fingerprint density at radius 3 is 2.62 bits per heavy atom. The van der Waals surface area contributed by atoms with Crippen LogP contribution in [0, 0.1) is 0 Å². The van der Waals surface area contributed by atoms with Gasteiger partial charge < -0.3 is 10.2 Å². The number of piperidine rings is 1. The number of benzene rings is 1. The van der Waals surface area contributed by atoms with Crippen LogP contribution in [0.4, 0.5) is 0 Å². The Hall–Kier alpha value is -2.14. The van der Waals surface area contributed by atoms with Crippen LogP contribution in [0.1, 0.15) is 35.6 Å². The van der Waals surface area contributed by atoms with Gasteiger partial charge in [0.15, 0.2) is 0 Å². The first kappa shape index (κ1) is 15.4. The third kappa shape index (κ3) is 2.84. The molecule has 0 unspecified atom stereocenters. The second kappa shape index (κ2) is 6.40. The summed E-state index contributed by atoms with van der Waals surface area (Å²) in [6.07, 6.45) is 4.70. The number of hydrogen-bond donors (Lipinski definition) is 1. The largest absolute Gasteiger partial charge is 0.341 e. The molecule has 126 valence electrons. The molecule has 5 heteroatoms. The molecule has 0 radical (unpaired) electrons. The predicted molar refractivity (Wildman–Crippen MR) is 92.5 cm³/mol. The van der Waals surface area contributed by atoms with E-state index in [1.54, 1.807) is 0 Å². The predicted octanol–water partition coefficient (Wildman–Crippen LogP) is 1.84. The maximum atomic E-state index is 12.9. The molecule has 0 aliphatic carbocycles. The number of fused-ring (bicyclic) bond motifs is 1. The number of amides is 1. The lowest BCUT2D eigenvalue weighted by atomic mass is 9.91. The minimum absolute atomic E-state index is 0.0758. The summed E-state index contributed by atoms with van der Waals surface area (Å²) in [6.45, 7) is 2.47. The second-order valence-corrected chi connectivity index (χ2v) is 6.89. The average molecular weight is 324 g/mol. The lowest BCUT2D eigenvalue weighted by Gasteiger charge is -2.36. The van der Waals surface area contributed by atoms with Crippen molar-refractivity contribution >= 4 is 5.91 Å². The molecular weight excluding hydrogens is 300 g/mol. The molecule has 1 fully saturated rings. The monoisotopic (exact) mass is 324 g/mol. The van der Waals surface area contributed by atoms with E-state index in [1.807, 2.05) is 22.8 Å². The highest BCUT2D eigenvalue weighted by atomic mass is 16.2. The Bertz CT molecular complexity index is 730. The highest BCUT2D eigenvalue weighted by Crippen LogP contribution is 2.28. The summed E-state index contributed by atoms with van der Waals surface area (Å²) < 4.78 is 1.96. The SMILES string of the molecule is Cn1nccc1C1CCN(C(=O)[C@H]2Cc3ccccc3CN2)CC1. The number of nitrogens with one attached hydrogen (secondary N) is 1. The van der Waals surface area contributed by atoms with Gasteiger partial charge in [0.1, 0.15) is 0 Å². The van der Waals surface area contributed by atoms with Crippen LogP contribution in [0.2, 0.25) is 0 Å². The quantitative estimate of drug-likeness (QED) is 0.917. The van der Waals surface area contributed by atoms with Crippen molar-refractivity contribution in [2.24, 2.45) is 7.05 Å². The van der Waals surface area contributed by atoms with Gasteiger partial charge in [-0.15, -0.1) is 0 Å². The van der Waals surface area contributed by atoms with Crippen LogP contribution in [0.15, 0.2) is 36.5 Å². The number of aryl methyl sites for hydroxylation is 1. The standard InChI is InChI=1S/C19H24N4O/c1-22-18(6-9-21-22)14-7-10-23(11-8-14)19(24)17-12-15-4-2-3-5-16(15)13-20-17/h2-6,9,14,17,20H,7-8,10-13H2,1H3/t17-/m1/s1. The van der Waals surface area contributed by atoms with E-state index in [0.29, 0.717) is 5.92 Å². The Balaban J connectivity index is 1.38. The third-order valence-electron chi connectivity index (χ3n) is 5.46. The fraction of sp³-hybridized carbons (Fsp3) is 0.474. The molecule has 2 aliphatic heterocycles. The van der Waals surface area contributed by atoms with Crippen molar-refractivity contribution < 1.29 is 4.79 Å². The van der Waals surface area contributed by atoms with Gasteiger partial charge in [-0.05, 0) is 36.5 Å². The number of nitrogens with zero attached hydrogens (tertiary/aromatic N) is 3. The van der Waals surface area contributed by atoms with Crippen LogP contribution in [0.3, 0.4) is 0 Å². The lowest BCUT2D eigenvalue weighted by Crippen LogP contribution is -2.51. The van der Waals surface area contributed by atoms with Crippen molar-refractivity contribution in [1.29, 1.82) is 0 Å². The van der Waals surface area contributed by atoms with Crippen LogP contribution in [-0.2, 0) is 24.8 Å². The second-order valence-electron chi connectivity index (χ2n) is 6.89. The molecule has 1 amide bonds. The summed E-state index contributed by atoms with van der Waals surface area (Å²) in [5.41, 5.74) is 3.91. The molecule has 1 aromatic carbocycles. The van der Waals surface area contributed by atoms with E-state index in [9.17, 15) is 4.79 Å². The molecule has 5 nitrogen and oxygen atoms in total. The Labute approximate surface area is 142 Å². The molecule has 1 aromatic heterocycles. The Morgan fingerprint density at radius 1 is 1.17 bits per heavy atom. The molecule has 0 spiro atoms. The number of rotatable bonds is 2. The molecule has 3 heterocycles. The van der Waals surface area contributed by atoms with Crippen molar-refractivity contribution in [3.63, 3.8) is 0 Å². The minimum atomic E-state index is -0.0758. The van der Waals surface area contributed by atoms with Gasteiger partial charge in [0.25, 0.3) is 0 Å². The van der Waals surface area contributed by atoms with Crippen LogP contribution >= 0.6 is 0 Å². The number of carbonyl (C=O) groups excluding carboxylic acids is 1. The fourth-order valence-corrected chi connectivity index (χ4v) is 4.03. The maximum Gasteiger partial charge on any atom is 0.240 e. The van der Waals surface area contributed by atoms with Crippen molar-refractivity contribution in [3.05, 3.63) is 53.3 Å². The minimum Gasteiger partial charge on any atom is -0.341 e. The van der Waals surface area contributed by atoms with Gasteiger partial charge in [-0.25, -0.2) is 0 Å². The zero-order valence-corrected chi connectivity index (χ0v) is 14.1. The molecule has 1 atom stereocenters. The topological polar surface area (TPSA) is 50.2 Å². The van der Waals surface area contributed by atoms with Gasteiger partial charge in [0.05, 0.1) is 6.04 Å². The number of aromatic nitrogens is 2. The summed E-state index contributed by atoms with van der Waals surface area (Å²) >= 11 is 0.